The van der Waals surface area contributed by atoms with Gasteiger partial charge in [0.2, 0.25) is 0 Å². The van der Waals surface area contributed by atoms with Crippen molar-refractivity contribution < 1.29 is 30.8 Å². The van der Waals surface area contributed by atoms with Gasteiger partial charge < -0.3 is 4.43 Å². The fraction of sp³-hybridized carbons (Fsp3) is 0.667. The van der Waals surface area contributed by atoms with Gasteiger partial charge in [0, 0.05) is 5.60 Å². The van der Waals surface area contributed by atoms with Crippen molar-refractivity contribution >= 4 is 10.5 Å². The van der Waals surface area contributed by atoms with E-state index in [1.807, 2.05) is 13.8 Å². The molecule has 0 saturated heterocycles. The summed E-state index contributed by atoms with van der Waals surface area (Å²) in [5.74, 6) is 0. The van der Waals surface area contributed by atoms with Crippen molar-refractivity contribution in [2.45, 2.75) is 76.7 Å². The molecule has 1 aromatic carbocycles. The van der Waals surface area contributed by atoms with Gasteiger partial charge in [0.1, 0.15) is 10.5 Å². The number of benzene rings is 1. The quantitative estimate of drug-likeness (QED) is 0.294. The maximum atomic E-state index is 12.8. The van der Waals surface area contributed by atoms with E-state index in [4.69, 9.17) is 4.43 Å². The molecule has 0 N–H and O–H groups in total. The summed E-state index contributed by atoms with van der Waals surface area (Å²) in [7, 11) is 0.684. The molecule has 0 spiro atoms. The second-order valence-electron chi connectivity index (χ2n) is 7.15. The van der Waals surface area contributed by atoms with E-state index in [9.17, 15) is 26.3 Å². The first-order valence-corrected chi connectivity index (χ1v) is 9.50. The molecule has 1 nitrogen and oxygen atoms in total. The predicted octanol–water partition coefficient (Wildman–Crippen LogP) is 5.68. The van der Waals surface area contributed by atoms with Gasteiger partial charge in [-0.15, -0.1) is 0 Å². The van der Waals surface area contributed by atoms with Crippen LogP contribution in [0.15, 0.2) is 18.2 Å². The summed E-state index contributed by atoms with van der Waals surface area (Å²) in [5.41, 5.74) is -2.52. The molecule has 0 radical (unpaired) electrons. The summed E-state index contributed by atoms with van der Waals surface area (Å²) < 4.78 is 82.3. The minimum atomic E-state index is -4.78. The Morgan fingerprint density at radius 1 is 0.769 bits per heavy atom. The molecule has 0 aromatic heterocycles. The number of hydrogen-bond acceptors (Lipinski definition) is 1. The molecule has 0 heterocycles. The van der Waals surface area contributed by atoms with Crippen LogP contribution in [0.5, 0.6) is 0 Å². The molecule has 0 saturated carbocycles. The highest BCUT2D eigenvalue weighted by atomic mass is 28.2. The van der Waals surface area contributed by atoms with Gasteiger partial charge in [-0.25, -0.2) is 0 Å². The van der Waals surface area contributed by atoms with Crippen LogP contribution in [-0.2, 0) is 23.2 Å². The lowest BCUT2D eigenvalue weighted by Crippen LogP contribution is -2.22. The Hall–Kier alpha value is -1.02. The number of aryl methyl sites for hydroxylation is 1. The van der Waals surface area contributed by atoms with E-state index in [-0.39, 0.29) is 23.7 Å². The number of halogens is 6. The molecule has 0 atom stereocenters. The van der Waals surface area contributed by atoms with Crippen LogP contribution in [0.2, 0.25) is 0 Å². The van der Waals surface area contributed by atoms with Crippen LogP contribution < -0.4 is 0 Å². The summed E-state index contributed by atoms with van der Waals surface area (Å²) in [5, 5.41) is 0. The van der Waals surface area contributed by atoms with Gasteiger partial charge in [-0.1, -0.05) is 25.7 Å². The zero-order valence-corrected chi connectivity index (χ0v) is 17.4. The van der Waals surface area contributed by atoms with Gasteiger partial charge in [0.05, 0.1) is 11.1 Å². The van der Waals surface area contributed by atoms with Gasteiger partial charge in [-0.3, -0.25) is 0 Å². The van der Waals surface area contributed by atoms with Gasteiger partial charge in [0.25, 0.3) is 0 Å². The Labute approximate surface area is 153 Å². The van der Waals surface area contributed by atoms with Crippen molar-refractivity contribution in [3.8, 4) is 0 Å². The molecular formula is C18H26F6OSi. The van der Waals surface area contributed by atoms with E-state index < -0.39 is 23.5 Å². The molecule has 1 rings (SSSR count). The average molecular weight is 400 g/mol. The molecule has 0 aliphatic carbocycles. The van der Waals surface area contributed by atoms with E-state index in [0.717, 1.165) is 44.2 Å². The first-order valence-electron chi connectivity index (χ1n) is 8.69. The van der Waals surface area contributed by atoms with E-state index in [2.05, 4.69) is 0 Å². The summed E-state index contributed by atoms with van der Waals surface area (Å²) in [6.45, 7) is 4.07. The van der Waals surface area contributed by atoms with Gasteiger partial charge in [-0.2, -0.15) is 26.3 Å². The topological polar surface area (TPSA) is 9.23 Å². The maximum absolute atomic E-state index is 12.8. The SMILES string of the molecule is CC(C)(CCCCCCCc1cc(C(F)(F)F)cc(C(F)(F)F)c1)O[SiH3]. The molecule has 0 aliphatic heterocycles. The van der Waals surface area contributed by atoms with Crippen molar-refractivity contribution in [3.05, 3.63) is 34.9 Å². The van der Waals surface area contributed by atoms with Crippen LogP contribution >= 0.6 is 0 Å². The van der Waals surface area contributed by atoms with E-state index in [1.165, 1.54) is 0 Å². The third-order valence-corrected chi connectivity index (χ3v) is 5.55. The second-order valence-corrected chi connectivity index (χ2v) is 7.55. The lowest BCUT2D eigenvalue weighted by Gasteiger charge is -2.23. The normalized spacial score (nSPS) is 13.4. The number of rotatable bonds is 9. The molecular weight excluding hydrogens is 374 g/mol. The highest BCUT2D eigenvalue weighted by Gasteiger charge is 2.36. The number of alkyl halides is 6. The van der Waals surface area contributed by atoms with E-state index in [0.29, 0.717) is 16.9 Å². The summed E-state index contributed by atoms with van der Waals surface area (Å²) in [6, 6.07) is 1.81. The zero-order valence-electron chi connectivity index (χ0n) is 15.4. The molecule has 8 heteroatoms. The van der Waals surface area contributed by atoms with Crippen molar-refractivity contribution in [1.82, 2.24) is 0 Å². The van der Waals surface area contributed by atoms with Crippen molar-refractivity contribution in [2.75, 3.05) is 0 Å². The average Bonchev–Trinajstić information content (AvgIpc) is 2.52. The van der Waals surface area contributed by atoms with Crippen LogP contribution in [0, 0.1) is 0 Å². The summed E-state index contributed by atoms with van der Waals surface area (Å²) >= 11 is 0. The van der Waals surface area contributed by atoms with Gasteiger partial charge in [-0.05, 0) is 56.9 Å². The molecule has 1 aromatic rings. The van der Waals surface area contributed by atoms with Gasteiger partial charge >= 0.3 is 12.4 Å². The Kier molecular flexibility index (Phi) is 8.20. The first kappa shape index (κ1) is 23.0. The fourth-order valence-electron chi connectivity index (χ4n) is 2.68. The Bertz CT molecular complexity index is 534. The highest BCUT2D eigenvalue weighted by molar-refractivity contribution is 5.98. The Morgan fingerprint density at radius 2 is 1.23 bits per heavy atom. The van der Waals surface area contributed by atoms with Gasteiger partial charge in [0.15, 0.2) is 0 Å². The van der Waals surface area contributed by atoms with Crippen LogP contribution in [0.3, 0.4) is 0 Å². The summed E-state index contributed by atoms with van der Waals surface area (Å²) in [4.78, 5) is 0. The van der Waals surface area contributed by atoms with E-state index in [1.54, 1.807) is 0 Å². The number of unbranched alkanes of at least 4 members (excludes halogenated alkanes) is 4. The zero-order chi connectivity index (χ0) is 20.0. The van der Waals surface area contributed by atoms with Crippen molar-refractivity contribution in [3.63, 3.8) is 0 Å². The fourth-order valence-corrected chi connectivity index (χ4v) is 2.88. The molecule has 0 fully saturated rings. The minimum absolute atomic E-state index is 0.0811. The molecule has 26 heavy (non-hydrogen) atoms. The lowest BCUT2D eigenvalue weighted by atomic mass is 9.98. The molecule has 0 amide bonds. The molecule has 0 bridgehead atoms. The minimum Gasteiger partial charge on any atom is -0.423 e. The predicted molar refractivity (Wildman–Crippen MR) is 93.0 cm³/mol. The second kappa shape index (κ2) is 9.26. The highest BCUT2D eigenvalue weighted by Crippen LogP contribution is 2.36. The van der Waals surface area contributed by atoms with Crippen molar-refractivity contribution in [1.29, 1.82) is 0 Å². The summed E-state index contributed by atoms with van der Waals surface area (Å²) in [6.07, 6.45) is -4.19. The Balaban J connectivity index is 2.54. The van der Waals surface area contributed by atoms with Crippen LogP contribution in [0.25, 0.3) is 0 Å². The molecule has 0 aliphatic rings. The third kappa shape index (κ3) is 8.12. The first-order chi connectivity index (χ1) is 11.8. The Morgan fingerprint density at radius 3 is 1.69 bits per heavy atom. The van der Waals surface area contributed by atoms with Crippen LogP contribution in [0.1, 0.15) is 69.1 Å². The van der Waals surface area contributed by atoms with Crippen LogP contribution in [0.4, 0.5) is 26.3 Å². The lowest BCUT2D eigenvalue weighted by molar-refractivity contribution is -0.143. The van der Waals surface area contributed by atoms with Crippen LogP contribution in [-0.4, -0.2) is 16.1 Å². The largest absolute Gasteiger partial charge is 0.423 e. The molecule has 0 unspecified atom stereocenters. The maximum Gasteiger partial charge on any atom is 0.416 e. The molecule has 150 valence electrons. The monoisotopic (exact) mass is 400 g/mol. The van der Waals surface area contributed by atoms with E-state index >= 15 is 0 Å². The smallest absolute Gasteiger partial charge is 0.416 e. The van der Waals surface area contributed by atoms with Crippen molar-refractivity contribution in [2.24, 2.45) is 0 Å². The standard InChI is InChI=1S/C18H26F6OSi/c1-16(2,25-26)9-7-5-3-4-6-8-13-10-14(17(19,20)21)12-15(11-13)18(22,23)24/h10-12H,3-9H2,1-2,26H3. The number of hydrogen-bond donors (Lipinski definition) is 0. The third-order valence-electron chi connectivity index (χ3n) is 4.44.